The highest BCUT2D eigenvalue weighted by atomic mass is 15.0. The molecule has 0 aliphatic rings. The first-order chi connectivity index (χ1) is 9.05. The second-order valence-corrected chi connectivity index (χ2v) is 5.46. The summed E-state index contributed by atoms with van der Waals surface area (Å²) in [5.74, 6) is 0.545. The molecule has 3 heteroatoms. The van der Waals surface area contributed by atoms with Crippen LogP contribution in [0.5, 0.6) is 0 Å². The normalized spacial score (nSPS) is 11.3. The van der Waals surface area contributed by atoms with Gasteiger partial charge in [-0.3, -0.25) is 0 Å². The minimum atomic E-state index is 0.0175. The smallest absolute Gasteiger partial charge is 0.125 e. The molecule has 2 aromatic rings. The summed E-state index contributed by atoms with van der Waals surface area (Å²) in [5, 5.41) is 3.51. The molecule has 0 bridgehead atoms. The van der Waals surface area contributed by atoms with Crippen LogP contribution >= 0.6 is 0 Å². The summed E-state index contributed by atoms with van der Waals surface area (Å²) in [7, 11) is 0. The van der Waals surface area contributed by atoms with Crippen LogP contribution in [0.1, 0.15) is 25.8 Å². The van der Waals surface area contributed by atoms with Crippen LogP contribution in [0, 0.1) is 0 Å². The average Bonchev–Trinajstić information content (AvgIpc) is 2.37. The predicted octanol–water partition coefficient (Wildman–Crippen LogP) is 3.49. The Hall–Kier alpha value is -2.03. The van der Waals surface area contributed by atoms with Crippen LogP contribution in [0.2, 0.25) is 0 Å². The number of rotatable bonds is 5. The summed E-state index contributed by atoms with van der Waals surface area (Å²) in [6, 6.07) is 14.4. The Balaban J connectivity index is 1.95. The monoisotopic (exact) mass is 255 g/mol. The summed E-state index contributed by atoms with van der Waals surface area (Å²) in [6.45, 7) is 4.40. The van der Waals surface area contributed by atoms with Crippen molar-refractivity contribution in [2.45, 2.75) is 32.2 Å². The molecule has 0 unspecified atom stereocenters. The Morgan fingerprint density at radius 3 is 2.58 bits per heavy atom. The molecule has 0 amide bonds. The van der Waals surface area contributed by atoms with E-state index in [-0.39, 0.29) is 5.54 Å². The lowest BCUT2D eigenvalue weighted by Crippen LogP contribution is -2.31. The van der Waals surface area contributed by atoms with Crippen LogP contribution in [0.25, 0.3) is 0 Å². The van der Waals surface area contributed by atoms with Gasteiger partial charge in [0, 0.05) is 23.5 Å². The quantitative estimate of drug-likeness (QED) is 0.860. The number of hydrogen-bond acceptors (Lipinski definition) is 3. The SMILES string of the molecule is CC(C)(CCc1ccccc1)Nc1ccnc(N)c1. The van der Waals surface area contributed by atoms with Crippen molar-refractivity contribution in [1.29, 1.82) is 0 Å². The number of nitrogens with zero attached hydrogens (tertiary/aromatic N) is 1. The maximum atomic E-state index is 5.69. The summed E-state index contributed by atoms with van der Waals surface area (Å²) >= 11 is 0. The van der Waals surface area contributed by atoms with E-state index in [2.05, 4.69) is 48.4 Å². The number of aromatic nitrogens is 1. The van der Waals surface area contributed by atoms with Crippen molar-refractivity contribution in [3.63, 3.8) is 0 Å². The highest BCUT2D eigenvalue weighted by Gasteiger charge is 2.17. The molecule has 0 atom stereocenters. The summed E-state index contributed by atoms with van der Waals surface area (Å²) in [5.41, 5.74) is 8.10. The number of hydrogen-bond donors (Lipinski definition) is 2. The van der Waals surface area contributed by atoms with E-state index in [0.717, 1.165) is 18.5 Å². The van der Waals surface area contributed by atoms with Crippen molar-refractivity contribution in [3.05, 3.63) is 54.2 Å². The van der Waals surface area contributed by atoms with E-state index in [4.69, 9.17) is 5.73 Å². The maximum absolute atomic E-state index is 5.69. The molecule has 0 saturated heterocycles. The van der Waals surface area contributed by atoms with Crippen LogP contribution < -0.4 is 11.1 Å². The molecule has 19 heavy (non-hydrogen) atoms. The Morgan fingerprint density at radius 2 is 1.89 bits per heavy atom. The topological polar surface area (TPSA) is 50.9 Å². The molecule has 3 nitrogen and oxygen atoms in total. The van der Waals surface area contributed by atoms with Gasteiger partial charge in [0.15, 0.2) is 0 Å². The second-order valence-electron chi connectivity index (χ2n) is 5.46. The van der Waals surface area contributed by atoms with E-state index in [1.54, 1.807) is 6.20 Å². The number of nitrogens with one attached hydrogen (secondary N) is 1. The highest BCUT2D eigenvalue weighted by molar-refractivity contribution is 5.51. The van der Waals surface area contributed by atoms with Crippen molar-refractivity contribution < 1.29 is 0 Å². The van der Waals surface area contributed by atoms with Gasteiger partial charge in [0.2, 0.25) is 0 Å². The molecule has 0 saturated carbocycles. The van der Waals surface area contributed by atoms with Gasteiger partial charge in [0.25, 0.3) is 0 Å². The lowest BCUT2D eigenvalue weighted by Gasteiger charge is -2.27. The molecule has 0 aliphatic carbocycles. The first-order valence-electron chi connectivity index (χ1n) is 6.59. The zero-order valence-electron chi connectivity index (χ0n) is 11.6. The zero-order chi connectivity index (χ0) is 13.7. The molecule has 100 valence electrons. The molecule has 0 aliphatic heterocycles. The van der Waals surface area contributed by atoms with Gasteiger partial charge in [-0.2, -0.15) is 0 Å². The molecule has 1 aromatic carbocycles. The Kier molecular flexibility index (Phi) is 4.05. The van der Waals surface area contributed by atoms with Crippen molar-refractivity contribution in [2.75, 3.05) is 11.1 Å². The number of pyridine rings is 1. The molecule has 1 heterocycles. The van der Waals surface area contributed by atoms with Crippen LogP contribution in [-0.2, 0) is 6.42 Å². The van der Waals surface area contributed by atoms with E-state index in [1.807, 2.05) is 18.2 Å². The van der Waals surface area contributed by atoms with E-state index in [9.17, 15) is 0 Å². The molecule has 0 spiro atoms. The number of benzene rings is 1. The number of anilines is 2. The third kappa shape index (κ3) is 4.28. The van der Waals surface area contributed by atoms with Crippen LogP contribution in [0.4, 0.5) is 11.5 Å². The van der Waals surface area contributed by atoms with E-state index in [0.29, 0.717) is 5.82 Å². The minimum Gasteiger partial charge on any atom is -0.384 e. The largest absolute Gasteiger partial charge is 0.384 e. The van der Waals surface area contributed by atoms with Gasteiger partial charge in [0.1, 0.15) is 5.82 Å². The first kappa shape index (κ1) is 13.4. The van der Waals surface area contributed by atoms with Gasteiger partial charge in [-0.25, -0.2) is 4.98 Å². The molecular formula is C16H21N3. The summed E-state index contributed by atoms with van der Waals surface area (Å²) < 4.78 is 0. The van der Waals surface area contributed by atoms with E-state index in [1.165, 1.54) is 5.56 Å². The molecule has 2 rings (SSSR count). The minimum absolute atomic E-state index is 0.0175. The number of aryl methyl sites for hydroxylation is 1. The predicted molar refractivity (Wildman–Crippen MR) is 81.1 cm³/mol. The third-order valence-corrected chi connectivity index (χ3v) is 3.15. The number of nitrogens with two attached hydrogens (primary N) is 1. The zero-order valence-corrected chi connectivity index (χ0v) is 11.6. The Morgan fingerprint density at radius 1 is 1.16 bits per heavy atom. The molecule has 3 N–H and O–H groups in total. The van der Waals surface area contributed by atoms with Gasteiger partial charge < -0.3 is 11.1 Å². The lowest BCUT2D eigenvalue weighted by atomic mass is 9.95. The van der Waals surface area contributed by atoms with Crippen molar-refractivity contribution >= 4 is 11.5 Å². The van der Waals surface area contributed by atoms with Crippen molar-refractivity contribution in [1.82, 2.24) is 4.98 Å². The van der Waals surface area contributed by atoms with E-state index < -0.39 is 0 Å². The molecule has 1 aromatic heterocycles. The molecule has 0 radical (unpaired) electrons. The first-order valence-corrected chi connectivity index (χ1v) is 6.59. The van der Waals surface area contributed by atoms with E-state index >= 15 is 0 Å². The second kappa shape index (κ2) is 5.74. The van der Waals surface area contributed by atoms with Crippen molar-refractivity contribution in [3.8, 4) is 0 Å². The fourth-order valence-electron chi connectivity index (χ4n) is 2.08. The fraction of sp³-hybridized carbons (Fsp3) is 0.312. The van der Waals surface area contributed by atoms with Gasteiger partial charge >= 0.3 is 0 Å². The van der Waals surface area contributed by atoms with Crippen LogP contribution in [-0.4, -0.2) is 10.5 Å². The maximum Gasteiger partial charge on any atom is 0.125 e. The fourth-order valence-corrected chi connectivity index (χ4v) is 2.08. The van der Waals surface area contributed by atoms with Gasteiger partial charge in [-0.1, -0.05) is 30.3 Å². The van der Waals surface area contributed by atoms with Crippen molar-refractivity contribution in [2.24, 2.45) is 0 Å². The highest BCUT2D eigenvalue weighted by Crippen LogP contribution is 2.20. The average molecular weight is 255 g/mol. The van der Waals surface area contributed by atoms with Gasteiger partial charge in [-0.05, 0) is 38.3 Å². The Bertz CT molecular complexity index is 521. The standard InChI is InChI=1S/C16H21N3/c1-16(2,10-8-13-6-4-3-5-7-13)19-14-9-11-18-15(17)12-14/h3-7,9,11-12H,8,10H2,1-2H3,(H3,17,18,19). The van der Waals surface area contributed by atoms with Crippen LogP contribution in [0.15, 0.2) is 48.7 Å². The summed E-state index contributed by atoms with van der Waals surface area (Å²) in [4.78, 5) is 4.00. The number of nitrogen functional groups attached to an aromatic ring is 1. The lowest BCUT2D eigenvalue weighted by molar-refractivity contribution is 0.518. The third-order valence-electron chi connectivity index (χ3n) is 3.15. The van der Waals surface area contributed by atoms with Gasteiger partial charge in [0.05, 0.1) is 0 Å². The summed E-state index contributed by atoms with van der Waals surface area (Å²) in [6.07, 6.45) is 3.84. The molecular weight excluding hydrogens is 234 g/mol. The van der Waals surface area contributed by atoms with Gasteiger partial charge in [-0.15, -0.1) is 0 Å². The molecule has 0 fully saturated rings. The Labute approximate surface area is 114 Å². The van der Waals surface area contributed by atoms with Crippen LogP contribution in [0.3, 0.4) is 0 Å².